The molecule has 3 rings (SSSR count). The number of likely N-dealkylation sites (N-methyl/N-ethyl adjacent to an activating group) is 1. The highest BCUT2D eigenvalue weighted by Gasteiger charge is 2.47. The van der Waals surface area contributed by atoms with Gasteiger partial charge < -0.3 is 4.90 Å². The van der Waals surface area contributed by atoms with E-state index in [1.165, 1.54) is 11.1 Å². The predicted octanol–water partition coefficient (Wildman–Crippen LogP) is 2.90. The molecule has 1 fully saturated rings. The number of fused-ring (bicyclic) bond motifs is 3. The van der Waals surface area contributed by atoms with E-state index < -0.39 is 0 Å². The summed E-state index contributed by atoms with van der Waals surface area (Å²) < 4.78 is 0. The smallest absolute Gasteiger partial charge is 0.222 e. The zero-order valence-corrected chi connectivity index (χ0v) is 11.3. The van der Waals surface area contributed by atoms with E-state index >= 15 is 0 Å². The van der Waals surface area contributed by atoms with E-state index in [2.05, 4.69) is 43.0 Å². The lowest BCUT2D eigenvalue weighted by atomic mass is 9.63. The molecule has 0 N–H and O–H groups in total. The first-order chi connectivity index (χ1) is 8.66. The summed E-state index contributed by atoms with van der Waals surface area (Å²) in [6, 6.07) is 9.20. The molecule has 0 radical (unpaired) electrons. The van der Waals surface area contributed by atoms with Crippen molar-refractivity contribution in [2.75, 3.05) is 6.54 Å². The Kier molecular flexibility index (Phi) is 2.69. The number of hydrogen-bond donors (Lipinski definition) is 0. The molecule has 2 heteroatoms. The topological polar surface area (TPSA) is 20.3 Å². The maximum atomic E-state index is 12.1. The molecule has 1 aliphatic carbocycles. The van der Waals surface area contributed by atoms with Gasteiger partial charge in [-0.2, -0.15) is 0 Å². The van der Waals surface area contributed by atoms with Crippen LogP contribution >= 0.6 is 0 Å². The summed E-state index contributed by atoms with van der Waals surface area (Å²) in [6.07, 6.45) is 3.94. The van der Waals surface area contributed by atoms with Gasteiger partial charge in [0.2, 0.25) is 5.91 Å². The molecule has 1 aliphatic heterocycles. The van der Waals surface area contributed by atoms with Gasteiger partial charge in [-0.25, -0.2) is 0 Å². The highest BCUT2D eigenvalue weighted by molar-refractivity contribution is 5.78. The normalized spacial score (nSPS) is 30.9. The number of carbonyl (C=O) groups excluding carboxylic acids is 1. The van der Waals surface area contributed by atoms with Gasteiger partial charge in [-0.3, -0.25) is 4.79 Å². The molecule has 0 unspecified atom stereocenters. The molecule has 18 heavy (non-hydrogen) atoms. The zero-order valence-electron chi connectivity index (χ0n) is 11.3. The summed E-state index contributed by atoms with van der Waals surface area (Å²) in [4.78, 5) is 14.2. The van der Waals surface area contributed by atoms with Crippen LogP contribution in [0, 0.1) is 0 Å². The Morgan fingerprint density at radius 1 is 1.33 bits per heavy atom. The SMILES string of the molecule is CCN1C(=O)CC[C@@]2(C)c3ccccc3CC[C@H]12. The fraction of sp³-hybridized carbons (Fsp3) is 0.562. The lowest BCUT2D eigenvalue weighted by Gasteiger charge is -2.51. The number of amides is 1. The van der Waals surface area contributed by atoms with Crippen LogP contribution in [0.5, 0.6) is 0 Å². The summed E-state index contributed by atoms with van der Waals surface area (Å²) >= 11 is 0. The van der Waals surface area contributed by atoms with E-state index in [4.69, 9.17) is 0 Å². The molecule has 1 amide bonds. The largest absolute Gasteiger partial charge is 0.339 e. The summed E-state index contributed by atoms with van der Waals surface area (Å²) in [5, 5.41) is 0. The van der Waals surface area contributed by atoms with Crippen molar-refractivity contribution in [3.8, 4) is 0 Å². The van der Waals surface area contributed by atoms with Gasteiger partial charge in [0, 0.05) is 24.4 Å². The molecule has 2 aliphatic rings. The van der Waals surface area contributed by atoms with Gasteiger partial charge in [-0.05, 0) is 37.3 Å². The van der Waals surface area contributed by atoms with Crippen molar-refractivity contribution >= 4 is 5.91 Å². The third-order valence-electron chi connectivity index (χ3n) is 4.95. The Hall–Kier alpha value is -1.31. The number of benzene rings is 1. The Balaban J connectivity index is 2.07. The molecule has 0 bridgehead atoms. The number of piperidine rings is 1. The molecule has 1 heterocycles. The highest BCUT2D eigenvalue weighted by atomic mass is 16.2. The molecular formula is C16H21NO. The van der Waals surface area contributed by atoms with Gasteiger partial charge in [-0.1, -0.05) is 31.2 Å². The second kappa shape index (κ2) is 4.11. The lowest BCUT2D eigenvalue weighted by molar-refractivity contribution is -0.139. The maximum absolute atomic E-state index is 12.1. The first kappa shape index (κ1) is 11.8. The summed E-state index contributed by atoms with van der Waals surface area (Å²) in [6.45, 7) is 5.30. The van der Waals surface area contributed by atoms with Crippen LogP contribution in [0.2, 0.25) is 0 Å². The fourth-order valence-electron chi connectivity index (χ4n) is 3.97. The van der Waals surface area contributed by atoms with Crippen molar-refractivity contribution in [3.63, 3.8) is 0 Å². The van der Waals surface area contributed by atoms with Crippen molar-refractivity contribution in [2.24, 2.45) is 0 Å². The Labute approximate surface area is 109 Å². The minimum atomic E-state index is 0.165. The molecule has 1 aromatic carbocycles. The molecule has 0 spiro atoms. The van der Waals surface area contributed by atoms with Gasteiger partial charge in [-0.15, -0.1) is 0 Å². The van der Waals surface area contributed by atoms with E-state index in [-0.39, 0.29) is 5.41 Å². The van der Waals surface area contributed by atoms with Crippen LogP contribution in [0.4, 0.5) is 0 Å². The number of nitrogens with zero attached hydrogens (tertiary/aromatic N) is 1. The number of likely N-dealkylation sites (tertiary alicyclic amines) is 1. The Bertz CT molecular complexity index is 482. The molecule has 2 nitrogen and oxygen atoms in total. The van der Waals surface area contributed by atoms with Crippen LogP contribution < -0.4 is 0 Å². The summed E-state index contributed by atoms with van der Waals surface area (Å²) in [5.74, 6) is 0.347. The van der Waals surface area contributed by atoms with Crippen molar-refractivity contribution in [1.82, 2.24) is 4.90 Å². The molecule has 1 saturated heterocycles. The number of hydrogen-bond acceptors (Lipinski definition) is 1. The van der Waals surface area contributed by atoms with Crippen molar-refractivity contribution in [2.45, 2.75) is 51.0 Å². The number of rotatable bonds is 1. The molecular weight excluding hydrogens is 222 g/mol. The molecule has 0 aromatic heterocycles. The van der Waals surface area contributed by atoms with E-state index in [9.17, 15) is 4.79 Å². The van der Waals surface area contributed by atoms with Crippen molar-refractivity contribution in [3.05, 3.63) is 35.4 Å². The van der Waals surface area contributed by atoms with Gasteiger partial charge in [0.05, 0.1) is 0 Å². The Morgan fingerprint density at radius 2 is 2.11 bits per heavy atom. The molecule has 2 atom stereocenters. The van der Waals surface area contributed by atoms with Crippen LogP contribution in [-0.2, 0) is 16.6 Å². The second-order valence-corrected chi connectivity index (χ2v) is 5.81. The van der Waals surface area contributed by atoms with Crippen molar-refractivity contribution < 1.29 is 4.79 Å². The third kappa shape index (κ3) is 1.51. The average molecular weight is 243 g/mol. The zero-order chi connectivity index (χ0) is 12.8. The first-order valence-corrected chi connectivity index (χ1v) is 7.04. The quantitative estimate of drug-likeness (QED) is 0.742. The van der Waals surface area contributed by atoms with E-state index in [0.717, 1.165) is 25.8 Å². The number of aryl methyl sites for hydroxylation is 1. The standard InChI is InChI=1S/C16H21NO/c1-3-17-14-9-8-12-6-4-5-7-13(12)16(14,2)11-10-15(17)18/h4-7,14H,3,8-11H2,1-2H3/t14-,16-/m0/s1. The summed E-state index contributed by atoms with van der Waals surface area (Å²) in [5.41, 5.74) is 3.13. The molecule has 0 saturated carbocycles. The summed E-state index contributed by atoms with van der Waals surface area (Å²) in [7, 11) is 0. The second-order valence-electron chi connectivity index (χ2n) is 5.81. The molecule has 1 aromatic rings. The Morgan fingerprint density at radius 3 is 2.89 bits per heavy atom. The third-order valence-corrected chi connectivity index (χ3v) is 4.95. The number of carbonyl (C=O) groups is 1. The first-order valence-electron chi connectivity index (χ1n) is 7.04. The minimum Gasteiger partial charge on any atom is -0.339 e. The van der Waals surface area contributed by atoms with Crippen molar-refractivity contribution in [1.29, 1.82) is 0 Å². The maximum Gasteiger partial charge on any atom is 0.222 e. The van der Waals surface area contributed by atoms with Crippen LogP contribution in [0.3, 0.4) is 0 Å². The molecule has 96 valence electrons. The average Bonchev–Trinajstić information content (AvgIpc) is 2.40. The van der Waals surface area contributed by atoms with Crippen LogP contribution in [0.1, 0.15) is 44.2 Å². The van der Waals surface area contributed by atoms with E-state index in [1.807, 2.05) is 0 Å². The lowest BCUT2D eigenvalue weighted by Crippen LogP contribution is -2.57. The van der Waals surface area contributed by atoms with Crippen LogP contribution in [0.15, 0.2) is 24.3 Å². The van der Waals surface area contributed by atoms with Gasteiger partial charge in [0.1, 0.15) is 0 Å². The van der Waals surface area contributed by atoms with Gasteiger partial charge in [0.25, 0.3) is 0 Å². The van der Waals surface area contributed by atoms with E-state index in [1.54, 1.807) is 0 Å². The predicted molar refractivity (Wildman–Crippen MR) is 72.5 cm³/mol. The highest BCUT2D eigenvalue weighted by Crippen LogP contribution is 2.45. The van der Waals surface area contributed by atoms with Gasteiger partial charge >= 0.3 is 0 Å². The van der Waals surface area contributed by atoms with E-state index in [0.29, 0.717) is 18.4 Å². The fourth-order valence-corrected chi connectivity index (χ4v) is 3.97. The van der Waals surface area contributed by atoms with Crippen LogP contribution in [0.25, 0.3) is 0 Å². The minimum absolute atomic E-state index is 0.165. The monoisotopic (exact) mass is 243 g/mol. The van der Waals surface area contributed by atoms with Crippen LogP contribution in [-0.4, -0.2) is 23.4 Å². The van der Waals surface area contributed by atoms with Gasteiger partial charge in [0.15, 0.2) is 0 Å².